The zero-order valence-electron chi connectivity index (χ0n) is 10.3. The SMILES string of the molecule is Cn1ccn2c(cc3ccc(OC(F)(F)F)cc32)c1=O. The average molecular weight is 282 g/mol. The molecule has 0 aliphatic heterocycles. The summed E-state index contributed by atoms with van der Waals surface area (Å²) in [7, 11) is 1.61. The number of aryl methyl sites for hydroxylation is 1. The van der Waals surface area contributed by atoms with Gasteiger partial charge in [0.25, 0.3) is 5.56 Å². The predicted molar refractivity (Wildman–Crippen MR) is 66.8 cm³/mol. The molecule has 3 rings (SSSR count). The number of benzene rings is 1. The first-order chi connectivity index (χ1) is 9.35. The fourth-order valence-corrected chi connectivity index (χ4v) is 2.14. The average Bonchev–Trinajstić information content (AvgIpc) is 2.71. The highest BCUT2D eigenvalue weighted by molar-refractivity contribution is 5.87. The number of rotatable bonds is 1. The first kappa shape index (κ1) is 12.6. The van der Waals surface area contributed by atoms with Gasteiger partial charge in [0.1, 0.15) is 11.3 Å². The van der Waals surface area contributed by atoms with E-state index in [9.17, 15) is 18.0 Å². The van der Waals surface area contributed by atoms with Gasteiger partial charge in [0.15, 0.2) is 0 Å². The molecule has 3 aromatic rings. The Balaban J connectivity index is 2.26. The monoisotopic (exact) mass is 282 g/mol. The topological polar surface area (TPSA) is 35.6 Å². The summed E-state index contributed by atoms with van der Waals surface area (Å²) in [6.07, 6.45) is -1.57. The summed E-state index contributed by atoms with van der Waals surface area (Å²) in [5.74, 6) is -0.314. The molecule has 20 heavy (non-hydrogen) atoms. The van der Waals surface area contributed by atoms with Crippen LogP contribution in [0.15, 0.2) is 41.5 Å². The fraction of sp³-hybridized carbons (Fsp3) is 0.154. The van der Waals surface area contributed by atoms with E-state index in [4.69, 9.17) is 0 Å². The van der Waals surface area contributed by atoms with Crippen LogP contribution in [0.25, 0.3) is 16.4 Å². The van der Waals surface area contributed by atoms with Gasteiger partial charge in [-0.3, -0.25) is 4.79 Å². The van der Waals surface area contributed by atoms with Crippen LogP contribution in [0.3, 0.4) is 0 Å². The van der Waals surface area contributed by atoms with E-state index in [1.165, 1.54) is 22.8 Å². The van der Waals surface area contributed by atoms with Gasteiger partial charge in [-0.05, 0) is 18.2 Å². The standard InChI is InChI=1S/C13H9F3N2O2/c1-17-4-5-18-10-7-9(20-13(14,15)16)3-2-8(10)6-11(18)12(17)19/h2-7H,1H3. The van der Waals surface area contributed by atoms with E-state index in [2.05, 4.69) is 4.74 Å². The molecule has 0 radical (unpaired) electrons. The number of hydrogen-bond acceptors (Lipinski definition) is 2. The molecule has 0 fully saturated rings. The zero-order chi connectivity index (χ0) is 14.5. The van der Waals surface area contributed by atoms with Gasteiger partial charge in [-0.1, -0.05) is 0 Å². The first-order valence-corrected chi connectivity index (χ1v) is 5.71. The number of nitrogens with zero attached hydrogens (tertiary/aromatic N) is 2. The van der Waals surface area contributed by atoms with E-state index in [0.29, 0.717) is 16.4 Å². The van der Waals surface area contributed by atoms with Crippen LogP contribution in [0.1, 0.15) is 0 Å². The maximum absolute atomic E-state index is 12.2. The number of alkyl halides is 3. The maximum atomic E-state index is 12.2. The van der Waals surface area contributed by atoms with Crippen molar-refractivity contribution in [2.45, 2.75) is 6.36 Å². The highest BCUT2D eigenvalue weighted by Gasteiger charge is 2.31. The fourth-order valence-electron chi connectivity index (χ4n) is 2.14. The van der Waals surface area contributed by atoms with Gasteiger partial charge < -0.3 is 13.7 Å². The van der Waals surface area contributed by atoms with E-state index in [1.54, 1.807) is 29.9 Å². The molecule has 1 aromatic carbocycles. The van der Waals surface area contributed by atoms with Gasteiger partial charge in [-0.2, -0.15) is 0 Å². The van der Waals surface area contributed by atoms with Gasteiger partial charge in [-0.25, -0.2) is 0 Å². The summed E-state index contributed by atoms with van der Waals surface area (Å²) >= 11 is 0. The molecule has 0 unspecified atom stereocenters. The Kier molecular flexibility index (Phi) is 2.53. The Morgan fingerprint density at radius 2 is 1.85 bits per heavy atom. The maximum Gasteiger partial charge on any atom is 0.573 e. The molecule has 7 heteroatoms. The molecule has 104 valence electrons. The Bertz CT molecular complexity index is 862. The number of halogens is 3. The van der Waals surface area contributed by atoms with Crippen LogP contribution >= 0.6 is 0 Å². The van der Waals surface area contributed by atoms with E-state index < -0.39 is 6.36 Å². The van der Waals surface area contributed by atoms with E-state index >= 15 is 0 Å². The van der Waals surface area contributed by atoms with Crippen molar-refractivity contribution in [3.8, 4) is 5.75 Å². The molecule has 0 spiro atoms. The van der Waals surface area contributed by atoms with Crippen molar-refractivity contribution < 1.29 is 17.9 Å². The number of hydrogen-bond donors (Lipinski definition) is 0. The molecule has 0 aliphatic rings. The molecule has 2 heterocycles. The molecule has 0 saturated heterocycles. The van der Waals surface area contributed by atoms with Crippen LogP contribution in [0.4, 0.5) is 13.2 Å². The molecule has 0 saturated carbocycles. The van der Waals surface area contributed by atoms with Crippen molar-refractivity contribution in [1.29, 1.82) is 0 Å². The molecular weight excluding hydrogens is 273 g/mol. The van der Waals surface area contributed by atoms with Crippen LogP contribution < -0.4 is 10.3 Å². The van der Waals surface area contributed by atoms with Crippen molar-refractivity contribution in [3.63, 3.8) is 0 Å². The number of ether oxygens (including phenoxy) is 1. The minimum absolute atomic E-state index is 0.220. The van der Waals surface area contributed by atoms with Gasteiger partial charge in [0, 0.05) is 30.9 Å². The largest absolute Gasteiger partial charge is 0.573 e. The van der Waals surface area contributed by atoms with Crippen molar-refractivity contribution in [1.82, 2.24) is 8.97 Å². The van der Waals surface area contributed by atoms with Crippen molar-refractivity contribution in [2.75, 3.05) is 0 Å². The highest BCUT2D eigenvalue weighted by Crippen LogP contribution is 2.27. The molecule has 0 aliphatic carbocycles. The van der Waals surface area contributed by atoms with Gasteiger partial charge in [0.05, 0.1) is 5.52 Å². The van der Waals surface area contributed by atoms with Crippen LogP contribution in [-0.2, 0) is 7.05 Å². The normalized spacial score (nSPS) is 12.2. The van der Waals surface area contributed by atoms with Crippen LogP contribution in [0.2, 0.25) is 0 Å². The molecule has 0 bridgehead atoms. The third-order valence-electron chi connectivity index (χ3n) is 3.03. The molecule has 0 N–H and O–H groups in total. The predicted octanol–water partition coefficient (Wildman–Crippen LogP) is 2.69. The summed E-state index contributed by atoms with van der Waals surface area (Å²) in [5.41, 5.74) is 0.663. The summed E-state index contributed by atoms with van der Waals surface area (Å²) in [5, 5.41) is 0.669. The quantitative estimate of drug-likeness (QED) is 0.688. The Hall–Kier alpha value is -2.44. The summed E-state index contributed by atoms with van der Waals surface area (Å²) < 4.78 is 43.5. The Labute approximate surface area is 110 Å². The minimum Gasteiger partial charge on any atom is -0.406 e. The minimum atomic E-state index is -4.74. The van der Waals surface area contributed by atoms with Gasteiger partial charge in [-0.15, -0.1) is 13.2 Å². The highest BCUT2D eigenvalue weighted by atomic mass is 19.4. The summed E-state index contributed by atoms with van der Waals surface area (Å²) in [4.78, 5) is 11.9. The van der Waals surface area contributed by atoms with Gasteiger partial charge >= 0.3 is 6.36 Å². The number of fused-ring (bicyclic) bond motifs is 3. The van der Waals surface area contributed by atoms with Crippen LogP contribution in [0.5, 0.6) is 5.75 Å². The second kappa shape index (κ2) is 4.03. The lowest BCUT2D eigenvalue weighted by Crippen LogP contribution is -2.17. The van der Waals surface area contributed by atoms with Crippen molar-refractivity contribution >= 4 is 16.4 Å². The zero-order valence-corrected chi connectivity index (χ0v) is 10.3. The molecule has 2 aromatic heterocycles. The summed E-state index contributed by atoms with van der Waals surface area (Å²) in [6, 6.07) is 5.60. The van der Waals surface area contributed by atoms with E-state index in [1.807, 2.05) is 0 Å². The summed E-state index contributed by atoms with van der Waals surface area (Å²) in [6.45, 7) is 0. The van der Waals surface area contributed by atoms with Crippen molar-refractivity contribution in [3.05, 3.63) is 47.0 Å². The van der Waals surface area contributed by atoms with Crippen LogP contribution in [-0.4, -0.2) is 15.3 Å². The molecule has 0 amide bonds. The smallest absolute Gasteiger partial charge is 0.406 e. The first-order valence-electron chi connectivity index (χ1n) is 5.71. The Morgan fingerprint density at radius 1 is 1.10 bits per heavy atom. The molecule has 0 atom stereocenters. The second-order valence-corrected chi connectivity index (χ2v) is 4.38. The third kappa shape index (κ3) is 2.01. The lowest BCUT2D eigenvalue weighted by atomic mass is 10.2. The molecule has 4 nitrogen and oxygen atoms in total. The van der Waals surface area contributed by atoms with Crippen molar-refractivity contribution in [2.24, 2.45) is 7.05 Å². The second-order valence-electron chi connectivity index (χ2n) is 4.38. The van der Waals surface area contributed by atoms with Gasteiger partial charge in [0.2, 0.25) is 0 Å². The Morgan fingerprint density at radius 3 is 2.55 bits per heavy atom. The third-order valence-corrected chi connectivity index (χ3v) is 3.03. The number of aromatic nitrogens is 2. The molecular formula is C13H9F3N2O2. The van der Waals surface area contributed by atoms with Crippen LogP contribution in [0, 0.1) is 0 Å². The lowest BCUT2D eigenvalue weighted by Gasteiger charge is -2.08. The van der Waals surface area contributed by atoms with E-state index in [-0.39, 0.29) is 11.3 Å². The lowest BCUT2D eigenvalue weighted by molar-refractivity contribution is -0.274. The van der Waals surface area contributed by atoms with E-state index in [0.717, 1.165) is 0 Å².